The highest BCUT2D eigenvalue weighted by Gasteiger charge is 2.46. The standard InChI is InChI=1S/C17H21I2NO2.HI/c1-11-17(2,8-6-4-5-7-15(21)22)16-13(19)9-12(18)10-14(16)20(11)3;/h9-10H,4-8H2,1-3H3;1H. The van der Waals surface area contributed by atoms with Crippen LogP contribution in [0, 0.1) is 7.14 Å². The smallest absolute Gasteiger partial charge is 0.303 e. The summed E-state index contributed by atoms with van der Waals surface area (Å²) in [5, 5.41) is 8.73. The molecule has 1 unspecified atom stereocenters. The SMILES string of the molecule is CC1=[N+](C)c2cc(I)cc(I)c2C1(C)CCCCCC(=O)O.[I-]. The molecule has 0 saturated heterocycles. The third-order valence-corrected chi connectivity index (χ3v) is 6.29. The molecule has 1 aliphatic heterocycles. The van der Waals surface area contributed by atoms with E-state index in [1.807, 2.05) is 0 Å². The number of fused-ring (bicyclic) bond motifs is 1. The maximum atomic E-state index is 10.6. The first-order chi connectivity index (χ1) is 10.3. The number of aliphatic carboxylic acids is 1. The highest BCUT2D eigenvalue weighted by molar-refractivity contribution is 14.1. The Hall–Kier alpha value is 0.550. The zero-order chi connectivity index (χ0) is 16.5. The van der Waals surface area contributed by atoms with E-state index in [4.69, 9.17) is 5.11 Å². The molecule has 1 aromatic carbocycles. The van der Waals surface area contributed by atoms with Crippen molar-refractivity contribution in [1.82, 2.24) is 0 Å². The molecule has 1 atom stereocenters. The van der Waals surface area contributed by atoms with Crippen LogP contribution in [0.2, 0.25) is 0 Å². The van der Waals surface area contributed by atoms with E-state index in [0.29, 0.717) is 0 Å². The molecule has 0 saturated carbocycles. The van der Waals surface area contributed by atoms with Gasteiger partial charge in [-0.25, -0.2) is 4.58 Å². The van der Waals surface area contributed by atoms with Crippen molar-refractivity contribution in [1.29, 1.82) is 0 Å². The van der Waals surface area contributed by atoms with Gasteiger partial charge in [0.2, 0.25) is 5.69 Å². The Morgan fingerprint density at radius 3 is 2.52 bits per heavy atom. The summed E-state index contributed by atoms with van der Waals surface area (Å²) < 4.78 is 4.92. The van der Waals surface area contributed by atoms with Crippen LogP contribution in [0.1, 0.15) is 51.5 Å². The Bertz CT molecular complexity index is 643. The Morgan fingerprint density at radius 2 is 1.91 bits per heavy atom. The zero-order valence-electron chi connectivity index (χ0n) is 13.6. The fourth-order valence-electron chi connectivity index (χ4n) is 3.34. The summed E-state index contributed by atoms with van der Waals surface area (Å²) >= 11 is 4.83. The first kappa shape index (κ1) is 21.6. The van der Waals surface area contributed by atoms with Gasteiger partial charge in [-0.2, -0.15) is 0 Å². The minimum Gasteiger partial charge on any atom is -1.00 e. The van der Waals surface area contributed by atoms with Gasteiger partial charge in [-0.05, 0) is 71.0 Å². The zero-order valence-corrected chi connectivity index (χ0v) is 20.1. The molecule has 0 aliphatic carbocycles. The van der Waals surface area contributed by atoms with E-state index in [0.717, 1.165) is 25.7 Å². The number of rotatable bonds is 6. The summed E-state index contributed by atoms with van der Waals surface area (Å²) in [6, 6.07) is 4.51. The van der Waals surface area contributed by atoms with E-state index in [-0.39, 0.29) is 35.8 Å². The molecule has 1 aliphatic rings. The Balaban J connectivity index is 0.00000264. The predicted octanol–water partition coefficient (Wildman–Crippen LogP) is 1.94. The van der Waals surface area contributed by atoms with E-state index in [1.54, 1.807) is 0 Å². The number of carboxylic acids is 1. The number of unbranched alkanes of at least 4 members (excludes halogenated alkanes) is 2. The molecule has 1 heterocycles. The fourth-order valence-corrected chi connectivity index (χ4v) is 5.75. The molecule has 0 amide bonds. The third-order valence-electron chi connectivity index (χ3n) is 4.82. The molecule has 2 rings (SSSR count). The predicted molar refractivity (Wildman–Crippen MR) is 106 cm³/mol. The molecule has 0 radical (unpaired) electrons. The average molecular weight is 653 g/mol. The number of benzene rings is 1. The second-order valence-corrected chi connectivity index (χ2v) is 8.62. The van der Waals surface area contributed by atoms with E-state index in [9.17, 15) is 4.79 Å². The molecule has 0 aromatic heterocycles. The second kappa shape index (κ2) is 8.77. The summed E-state index contributed by atoms with van der Waals surface area (Å²) in [5.41, 5.74) is 4.21. The normalized spacial score (nSPS) is 19.5. The summed E-state index contributed by atoms with van der Waals surface area (Å²) in [5.74, 6) is -0.691. The van der Waals surface area contributed by atoms with Crippen molar-refractivity contribution in [3.05, 3.63) is 24.8 Å². The molecule has 23 heavy (non-hydrogen) atoms. The van der Waals surface area contributed by atoms with Gasteiger partial charge < -0.3 is 29.1 Å². The van der Waals surface area contributed by atoms with Crippen LogP contribution in [0.25, 0.3) is 0 Å². The number of halogens is 3. The highest BCUT2D eigenvalue weighted by Crippen LogP contribution is 2.45. The molecule has 6 heteroatoms. The van der Waals surface area contributed by atoms with E-state index >= 15 is 0 Å². The molecule has 0 spiro atoms. The van der Waals surface area contributed by atoms with Crippen molar-refractivity contribution in [2.45, 2.75) is 51.4 Å². The van der Waals surface area contributed by atoms with Crippen molar-refractivity contribution in [2.24, 2.45) is 0 Å². The van der Waals surface area contributed by atoms with Crippen molar-refractivity contribution in [3.63, 3.8) is 0 Å². The highest BCUT2D eigenvalue weighted by atomic mass is 127. The first-order valence-corrected chi connectivity index (χ1v) is 9.72. The van der Waals surface area contributed by atoms with Crippen LogP contribution in [0.4, 0.5) is 5.69 Å². The van der Waals surface area contributed by atoms with Gasteiger partial charge in [0.05, 0.1) is 11.0 Å². The molecule has 1 N–H and O–H groups in total. The summed E-state index contributed by atoms with van der Waals surface area (Å²) in [4.78, 5) is 10.6. The fraction of sp³-hybridized carbons (Fsp3) is 0.529. The Morgan fingerprint density at radius 1 is 1.26 bits per heavy atom. The summed E-state index contributed by atoms with van der Waals surface area (Å²) in [6.45, 7) is 4.55. The molecule has 3 nitrogen and oxygen atoms in total. The number of hydrogen-bond acceptors (Lipinski definition) is 1. The van der Waals surface area contributed by atoms with Crippen molar-refractivity contribution in [3.8, 4) is 0 Å². The lowest BCUT2D eigenvalue weighted by molar-refractivity contribution is -0.403. The number of carboxylic acid groups (broad SMARTS) is 1. The molecule has 1 aromatic rings. The van der Waals surface area contributed by atoms with Crippen LogP contribution in [0.3, 0.4) is 0 Å². The number of hydrogen-bond donors (Lipinski definition) is 1. The summed E-state index contributed by atoms with van der Waals surface area (Å²) in [7, 11) is 2.15. The van der Waals surface area contributed by atoms with Gasteiger partial charge in [0.25, 0.3) is 0 Å². The molecule has 128 valence electrons. The van der Waals surface area contributed by atoms with Crippen molar-refractivity contribution < 1.29 is 38.5 Å². The van der Waals surface area contributed by atoms with Gasteiger partial charge >= 0.3 is 5.97 Å². The number of carbonyl (C=O) groups is 1. The summed E-state index contributed by atoms with van der Waals surface area (Å²) in [6.07, 6.45) is 4.18. The van der Waals surface area contributed by atoms with Gasteiger partial charge in [-0.15, -0.1) is 0 Å². The largest absolute Gasteiger partial charge is 1.00 e. The first-order valence-electron chi connectivity index (χ1n) is 7.56. The molecule has 0 bridgehead atoms. The Kier molecular flexibility index (Phi) is 8.24. The monoisotopic (exact) mass is 653 g/mol. The lowest BCUT2D eigenvalue weighted by atomic mass is 9.76. The van der Waals surface area contributed by atoms with Crippen LogP contribution in [-0.4, -0.2) is 28.4 Å². The quantitative estimate of drug-likeness (QED) is 0.290. The molecular formula is C17H22I3NO2. The molecule has 0 fully saturated rings. The van der Waals surface area contributed by atoms with Gasteiger partial charge in [0, 0.05) is 26.6 Å². The second-order valence-electron chi connectivity index (χ2n) is 6.21. The van der Waals surface area contributed by atoms with Crippen LogP contribution < -0.4 is 24.0 Å². The lowest BCUT2D eigenvalue weighted by Gasteiger charge is -2.23. The van der Waals surface area contributed by atoms with E-state index < -0.39 is 5.97 Å². The topological polar surface area (TPSA) is 40.3 Å². The van der Waals surface area contributed by atoms with Crippen LogP contribution in [-0.2, 0) is 10.2 Å². The minimum absolute atomic E-state index is 0. The minimum atomic E-state index is -0.691. The van der Waals surface area contributed by atoms with Crippen LogP contribution >= 0.6 is 45.2 Å². The van der Waals surface area contributed by atoms with Crippen molar-refractivity contribution >= 4 is 62.6 Å². The third kappa shape index (κ3) is 4.59. The molecular weight excluding hydrogens is 631 g/mol. The van der Waals surface area contributed by atoms with Crippen LogP contribution in [0.5, 0.6) is 0 Å². The number of nitrogens with zero attached hydrogens (tertiary/aromatic N) is 1. The average Bonchev–Trinajstić information content (AvgIpc) is 2.60. The Labute approximate surface area is 182 Å². The van der Waals surface area contributed by atoms with Gasteiger partial charge in [-0.3, -0.25) is 4.79 Å². The van der Waals surface area contributed by atoms with E-state index in [2.05, 4.69) is 82.8 Å². The van der Waals surface area contributed by atoms with Crippen molar-refractivity contribution in [2.75, 3.05) is 7.05 Å². The van der Waals surface area contributed by atoms with E-state index in [1.165, 1.54) is 24.1 Å². The maximum absolute atomic E-state index is 10.6. The lowest BCUT2D eigenvalue weighted by Crippen LogP contribution is -3.00. The van der Waals surface area contributed by atoms with Crippen LogP contribution in [0.15, 0.2) is 12.1 Å². The van der Waals surface area contributed by atoms with Gasteiger partial charge in [0.15, 0.2) is 5.71 Å². The van der Waals surface area contributed by atoms with Gasteiger partial charge in [-0.1, -0.05) is 12.8 Å². The maximum Gasteiger partial charge on any atom is 0.303 e. The van der Waals surface area contributed by atoms with Gasteiger partial charge in [0.1, 0.15) is 7.05 Å².